The lowest BCUT2D eigenvalue weighted by atomic mass is 10.0. The van der Waals surface area contributed by atoms with Gasteiger partial charge in [0.2, 0.25) is 5.91 Å². The van der Waals surface area contributed by atoms with Crippen molar-refractivity contribution in [3.05, 3.63) is 35.9 Å². The van der Waals surface area contributed by atoms with Crippen molar-refractivity contribution in [3.8, 4) is 0 Å². The molecule has 0 unspecified atom stereocenters. The standard InChI is InChI=1S/C20H30N2O5/c23-18(21-17(20(26)22-27)14-15-19(24)25)13-9-4-2-1-3-6-10-16-11-7-5-8-12-16/h5,7-8,11-12,17,27H,1-4,6,9-10,13-15H2,(H,21,23)(H,22,26)(H,24,25)/t17-/m1/s1. The molecule has 4 N–H and O–H groups in total. The molecule has 27 heavy (non-hydrogen) atoms. The first kappa shape index (κ1) is 22.6. The third kappa shape index (κ3) is 11.0. The molecular formula is C20H30N2O5. The molecule has 0 aromatic heterocycles. The molecule has 2 amide bonds. The number of nitrogens with one attached hydrogen (secondary N) is 2. The topological polar surface area (TPSA) is 116 Å². The smallest absolute Gasteiger partial charge is 0.303 e. The number of hydroxylamine groups is 1. The Morgan fingerprint density at radius 1 is 0.889 bits per heavy atom. The number of unbranched alkanes of at least 4 members (excludes halogenated alkanes) is 5. The number of aliphatic carboxylic acids is 1. The van der Waals surface area contributed by atoms with Crippen molar-refractivity contribution >= 4 is 17.8 Å². The van der Waals surface area contributed by atoms with Crippen LogP contribution in [0, 0.1) is 0 Å². The second-order valence-electron chi connectivity index (χ2n) is 6.64. The molecule has 0 saturated heterocycles. The fraction of sp³-hybridized carbons (Fsp3) is 0.550. The van der Waals surface area contributed by atoms with E-state index in [1.54, 1.807) is 0 Å². The van der Waals surface area contributed by atoms with Crippen LogP contribution in [0.2, 0.25) is 0 Å². The highest BCUT2D eigenvalue weighted by Crippen LogP contribution is 2.11. The predicted molar refractivity (Wildman–Crippen MR) is 101 cm³/mol. The Morgan fingerprint density at radius 2 is 1.52 bits per heavy atom. The summed E-state index contributed by atoms with van der Waals surface area (Å²) in [5, 5.41) is 19.8. The van der Waals surface area contributed by atoms with E-state index in [1.165, 1.54) is 11.0 Å². The van der Waals surface area contributed by atoms with Gasteiger partial charge in [-0.25, -0.2) is 5.48 Å². The highest BCUT2D eigenvalue weighted by molar-refractivity contribution is 5.87. The number of hydrogen-bond donors (Lipinski definition) is 4. The molecule has 1 atom stereocenters. The van der Waals surface area contributed by atoms with Crippen molar-refractivity contribution < 1.29 is 24.7 Å². The number of amides is 2. The van der Waals surface area contributed by atoms with Crippen LogP contribution in [0.15, 0.2) is 30.3 Å². The number of carbonyl (C=O) groups is 3. The van der Waals surface area contributed by atoms with Gasteiger partial charge in [-0.1, -0.05) is 56.0 Å². The summed E-state index contributed by atoms with van der Waals surface area (Å²) in [6.45, 7) is 0. The highest BCUT2D eigenvalue weighted by atomic mass is 16.5. The molecule has 0 aliphatic rings. The van der Waals surface area contributed by atoms with Crippen LogP contribution in [0.1, 0.15) is 63.4 Å². The summed E-state index contributed by atoms with van der Waals surface area (Å²) in [7, 11) is 0. The molecule has 0 fully saturated rings. The van der Waals surface area contributed by atoms with E-state index < -0.39 is 17.9 Å². The normalized spacial score (nSPS) is 11.6. The monoisotopic (exact) mass is 378 g/mol. The van der Waals surface area contributed by atoms with E-state index in [1.807, 2.05) is 6.07 Å². The van der Waals surface area contributed by atoms with Gasteiger partial charge in [0.1, 0.15) is 6.04 Å². The zero-order valence-corrected chi connectivity index (χ0v) is 15.7. The summed E-state index contributed by atoms with van der Waals surface area (Å²) in [5.74, 6) is -2.17. The summed E-state index contributed by atoms with van der Waals surface area (Å²) in [6.07, 6.45) is 7.21. The van der Waals surface area contributed by atoms with Crippen molar-refractivity contribution in [1.29, 1.82) is 0 Å². The zero-order valence-electron chi connectivity index (χ0n) is 15.7. The van der Waals surface area contributed by atoms with Crippen molar-refractivity contribution in [3.63, 3.8) is 0 Å². The summed E-state index contributed by atoms with van der Waals surface area (Å²) >= 11 is 0. The number of hydrogen-bond acceptors (Lipinski definition) is 4. The van der Waals surface area contributed by atoms with Crippen LogP contribution < -0.4 is 10.8 Å². The third-order valence-electron chi connectivity index (χ3n) is 4.37. The first-order valence-corrected chi connectivity index (χ1v) is 9.52. The van der Waals surface area contributed by atoms with Gasteiger partial charge in [0.25, 0.3) is 5.91 Å². The van der Waals surface area contributed by atoms with Crippen LogP contribution in [-0.4, -0.2) is 34.1 Å². The first-order chi connectivity index (χ1) is 13.0. The van der Waals surface area contributed by atoms with Crippen LogP contribution in [0.4, 0.5) is 0 Å². The first-order valence-electron chi connectivity index (χ1n) is 9.52. The molecule has 0 aliphatic carbocycles. The molecule has 0 saturated carbocycles. The molecule has 1 rings (SSSR count). The quantitative estimate of drug-likeness (QED) is 0.226. The molecule has 0 aliphatic heterocycles. The van der Waals surface area contributed by atoms with Crippen molar-refractivity contribution in [1.82, 2.24) is 10.8 Å². The predicted octanol–water partition coefficient (Wildman–Crippen LogP) is 2.81. The highest BCUT2D eigenvalue weighted by Gasteiger charge is 2.21. The van der Waals surface area contributed by atoms with Gasteiger partial charge in [-0.05, 0) is 31.2 Å². The fourth-order valence-corrected chi connectivity index (χ4v) is 2.85. The fourth-order valence-electron chi connectivity index (χ4n) is 2.85. The van der Waals surface area contributed by atoms with Crippen LogP contribution in [0.5, 0.6) is 0 Å². The Labute approximate surface area is 160 Å². The van der Waals surface area contributed by atoms with E-state index in [0.29, 0.717) is 0 Å². The second kappa shape index (κ2) is 13.7. The van der Waals surface area contributed by atoms with Gasteiger partial charge in [-0.3, -0.25) is 19.6 Å². The molecule has 150 valence electrons. The van der Waals surface area contributed by atoms with Crippen molar-refractivity contribution in [2.75, 3.05) is 0 Å². The Bertz CT molecular complexity index is 577. The van der Waals surface area contributed by atoms with E-state index in [-0.39, 0.29) is 25.2 Å². The third-order valence-corrected chi connectivity index (χ3v) is 4.37. The van der Waals surface area contributed by atoms with Gasteiger partial charge in [-0.2, -0.15) is 0 Å². The minimum absolute atomic E-state index is 0.0606. The molecule has 7 heteroatoms. The average Bonchev–Trinajstić information content (AvgIpc) is 2.67. The molecule has 0 heterocycles. The van der Waals surface area contributed by atoms with Gasteiger partial charge in [0, 0.05) is 12.8 Å². The number of carboxylic acids is 1. The van der Waals surface area contributed by atoms with E-state index in [0.717, 1.165) is 44.9 Å². The molecule has 0 radical (unpaired) electrons. The maximum Gasteiger partial charge on any atom is 0.303 e. The SMILES string of the molecule is O=C(O)CC[C@@H](NC(=O)CCCCCCCCc1ccccc1)C(=O)NO. The van der Waals surface area contributed by atoms with E-state index in [9.17, 15) is 14.4 Å². The lowest BCUT2D eigenvalue weighted by Crippen LogP contribution is -2.46. The van der Waals surface area contributed by atoms with Crippen LogP contribution in [0.25, 0.3) is 0 Å². The van der Waals surface area contributed by atoms with Gasteiger partial charge in [0.15, 0.2) is 0 Å². The van der Waals surface area contributed by atoms with Gasteiger partial charge in [0.05, 0.1) is 0 Å². The lowest BCUT2D eigenvalue weighted by Gasteiger charge is -2.15. The van der Waals surface area contributed by atoms with Gasteiger partial charge >= 0.3 is 5.97 Å². The van der Waals surface area contributed by atoms with E-state index in [4.69, 9.17) is 10.3 Å². The molecule has 1 aromatic carbocycles. The number of carbonyl (C=O) groups excluding carboxylic acids is 2. The summed E-state index contributed by atoms with van der Waals surface area (Å²) in [5.41, 5.74) is 2.82. The summed E-state index contributed by atoms with van der Waals surface area (Å²) in [6, 6.07) is 9.37. The van der Waals surface area contributed by atoms with E-state index in [2.05, 4.69) is 29.6 Å². The Kier molecular flexibility index (Phi) is 11.5. The molecule has 0 bridgehead atoms. The van der Waals surface area contributed by atoms with Crippen molar-refractivity contribution in [2.45, 2.75) is 70.3 Å². The van der Waals surface area contributed by atoms with Gasteiger partial charge < -0.3 is 10.4 Å². The minimum Gasteiger partial charge on any atom is -0.481 e. The Hall–Kier alpha value is -2.41. The number of rotatable bonds is 14. The molecular weight excluding hydrogens is 348 g/mol. The van der Waals surface area contributed by atoms with Crippen LogP contribution in [0.3, 0.4) is 0 Å². The van der Waals surface area contributed by atoms with Crippen LogP contribution in [-0.2, 0) is 20.8 Å². The van der Waals surface area contributed by atoms with Crippen molar-refractivity contribution in [2.24, 2.45) is 0 Å². The minimum atomic E-state index is -1.06. The summed E-state index contributed by atoms with van der Waals surface area (Å²) < 4.78 is 0. The maximum atomic E-state index is 11.9. The van der Waals surface area contributed by atoms with E-state index >= 15 is 0 Å². The summed E-state index contributed by atoms with van der Waals surface area (Å²) in [4.78, 5) is 34.0. The number of aryl methyl sites for hydroxylation is 1. The largest absolute Gasteiger partial charge is 0.481 e. The average molecular weight is 378 g/mol. The zero-order chi connectivity index (χ0) is 19.9. The Balaban J connectivity index is 2.09. The molecule has 1 aromatic rings. The number of carboxylic acid groups (broad SMARTS) is 1. The van der Waals surface area contributed by atoms with Gasteiger partial charge in [-0.15, -0.1) is 0 Å². The Morgan fingerprint density at radius 3 is 2.15 bits per heavy atom. The lowest BCUT2D eigenvalue weighted by molar-refractivity contribution is -0.139. The molecule has 7 nitrogen and oxygen atoms in total. The molecule has 0 spiro atoms. The number of benzene rings is 1. The maximum absolute atomic E-state index is 11.9. The second-order valence-corrected chi connectivity index (χ2v) is 6.64. The van der Waals surface area contributed by atoms with Crippen LogP contribution >= 0.6 is 0 Å².